The van der Waals surface area contributed by atoms with Crippen molar-refractivity contribution in [2.75, 3.05) is 31.6 Å². The highest BCUT2D eigenvalue weighted by molar-refractivity contribution is 7.93. The van der Waals surface area contributed by atoms with Crippen molar-refractivity contribution in [3.8, 4) is 17.2 Å². The lowest BCUT2D eigenvalue weighted by atomic mass is 10.1. The maximum Gasteiger partial charge on any atom is 0.268 e. The van der Waals surface area contributed by atoms with E-state index in [0.717, 1.165) is 5.56 Å². The highest BCUT2D eigenvalue weighted by Crippen LogP contribution is 2.39. The second-order valence-corrected chi connectivity index (χ2v) is 9.48. The fraction of sp³-hybridized carbons (Fsp3) is 0.240. The summed E-state index contributed by atoms with van der Waals surface area (Å²) in [5.41, 5.74) is 1.44. The summed E-state index contributed by atoms with van der Waals surface area (Å²) in [6, 6.07) is 21.1. The molecular weight excluding hydrogens is 456 g/mol. The predicted molar refractivity (Wildman–Crippen MR) is 128 cm³/mol. The Labute approximate surface area is 199 Å². The summed E-state index contributed by atoms with van der Waals surface area (Å²) < 4.78 is 45.1. The first-order valence-corrected chi connectivity index (χ1v) is 12.2. The van der Waals surface area contributed by atoms with E-state index in [4.69, 9.17) is 14.2 Å². The van der Waals surface area contributed by atoms with E-state index in [-0.39, 0.29) is 23.1 Å². The van der Waals surface area contributed by atoms with Crippen molar-refractivity contribution in [3.05, 3.63) is 78.4 Å². The first-order chi connectivity index (χ1) is 16.4. The molecule has 3 aromatic carbocycles. The number of fused-ring (bicyclic) bond motifs is 1. The standard InChI is InChI=1S/C25H26N2O6S/c1-31-19-12-13-22(32-2)24(16-19)34(29,30)27-17-23(33-21-11-7-6-10-20(21)27)25(28)26-15-14-18-8-4-3-5-9-18/h3-13,16,23H,14-15,17H2,1-2H3,(H,26,28)/t23-/m0/s1. The molecule has 0 bridgehead atoms. The minimum Gasteiger partial charge on any atom is -0.497 e. The van der Waals surface area contributed by atoms with E-state index in [9.17, 15) is 13.2 Å². The van der Waals surface area contributed by atoms with Crippen LogP contribution in [0.25, 0.3) is 0 Å². The lowest BCUT2D eigenvalue weighted by Crippen LogP contribution is -2.51. The summed E-state index contributed by atoms with van der Waals surface area (Å²) in [7, 11) is -1.26. The van der Waals surface area contributed by atoms with Crippen LogP contribution in [0.2, 0.25) is 0 Å². The van der Waals surface area contributed by atoms with Gasteiger partial charge in [0.05, 0.1) is 26.5 Å². The number of nitrogens with zero attached hydrogens (tertiary/aromatic N) is 1. The molecule has 0 aliphatic carbocycles. The molecule has 8 nitrogen and oxygen atoms in total. The Morgan fingerprint density at radius 3 is 2.50 bits per heavy atom. The van der Waals surface area contributed by atoms with Gasteiger partial charge in [0.15, 0.2) is 6.10 Å². The number of ether oxygens (including phenoxy) is 3. The summed E-state index contributed by atoms with van der Waals surface area (Å²) in [6.45, 7) is 0.220. The average Bonchev–Trinajstić information content (AvgIpc) is 2.88. The largest absolute Gasteiger partial charge is 0.497 e. The number of methoxy groups -OCH3 is 2. The molecule has 0 fully saturated rings. The monoisotopic (exact) mass is 482 g/mol. The zero-order valence-electron chi connectivity index (χ0n) is 18.9. The third kappa shape index (κ3) is 4.79. The Morgan fingerprint density at radius 1 is 1.03 bits per heavy atom. The van der Waals surface area contributed by atoms with Gasteiger partial charge in [-0.3, -0.25) is 9.10 Å². The van der Waals surface area contributed by atoms with E-state index in [1.807, 2.05) is 30.3 Å². The van der Waals surface area contributed by atoms with E-state index in [2.05, 4.69) is 5.32 Å². The lowest BCUT2D eigenvalue weighted by molar-refractivity contribution is -0.127. The Hall–Kier alpha value is -3.72. The molecule has 1 aliphatic rings. The number of benzene rings is 3. The number of carbonyl (C=O) groups excluding carboxylic acids is 1. The predicted octanol–water partition coefficient (Wildman–Crippen LogP) is 3.02. The highest BCUT2D eigenvalue weighted by atomic mass is 32.2. The number of sulfonamides is 1. The van der Waals surface area contributed by atoms with Gasteiger partial charge in [0.1, 0.15) is 22.1 Å². The summed E-state index contributed by atoms with van der Waals surface area (Å²) in [4.78, 5) is 12.9. The van der Waals surface area contributed by atoms with Crippen LogP contribution in [-0.4, -0.2) is 47.7 Å². The van der Waals surface area contributed by atoms with Crippen molar-refractivity contribution < 1.29 is 27.4 Å². The first-order valence-electron chi connectivity index (χ1n) is 10.8. The van der Waals surface area contributed by atoms with Gasteiger partial charge < -0.3 is 19.5 Å². The SMILES string of the molecule is COc1ccc(OC)c(S(=O)(=O)N2C[C@@H](C(=O)NCCc3ccccc3)Oc3ccccc32)c1. The molecule has 34 heavy (non-hydrogen) atoms. The fourth-order valence-corrected chi connectivity index (χ4v) is 5.41. The van der Waals surface area contributed by atoms with Gasteiger partial charge in [0.2, 0.25) is 0 Å². The van der Waals surface area contributed by atoms with E-state index < -0.39 is 16.1 Å². The van der Waals surface area contributed by atoms with Crippen LogP contribution in [0.5, 0.6) is 17.2 Å². The molecule has 9 heteroatoms. The molecule has 1 atom stereocenters. The van der Waals surface area contributed by atoms with Gasteiger partial charge >= 0.3 is 0 Å². The Morgan fingerprint density at radius 2 is 1.76 bits per heavy atom. The summed E-state index contributed by atoms with van der Waals surface area (Å²) in [6.07, 6.45) is -0.365. The topological polar surface area (TPSA) is 94.2 Å². The van der Waals surface area contributed by atoms with Crippen LogP contribution < -0.4 is 23.8 Å². The lowest BCUT2D eigenvalue weighted by Gasteiger charge is -2.35. The molecule has 4 rings (SSSR count). The number of hydrogen-bond donors (Lipinski definition) is 1. The molecule has 1 amide bonds. The van der Waals surface area contributed by atoms with E-state index in [1.165, 1.54) is 30.7 Å². The van der Waals surface area contributed by atoms with Gasteiger partial charge in [-0.2, -0.15) is 0 Å². The van der Waals surface area contributed by atoms with Gasteiger partial charge in [-0.15, -0.1) is 0 Å². The molecule has 0 unspecified atom stereocenters. The Bertz CT molecular complexity index is 1260. The van der Waals surface area contributed by atoms with Crippen molar-refractivity contribution in [2.45, 2.75) is 17.4 Å². The van der Waals surface area contributed by atoms with Gasteiger partial charge in [-0.05, 0) is 36.2 Å². The molecule has 1 heterocycles. The maximum atomic E-state index is 13.8. The van der Waals surface area contributed by atoms with Gasteiger partial charge in [0.25, 0.3) is 15.9 Å². The fourth-order valence-electron chi connectivity index (χ4n) is 3.76. The molecule has 1 N–H and O–H groups in total. The van der Waals surface area contributed by atoms with Crippen molar-refractivity contribution >= 4 is 21.6 Å². The maximum absolute atomic E-state index is 13.8. The highest BCUT2D eigenvalue weighted by Gasteiger charge is 2.38. The molecule has 178 valence electrons. The van der Waals surface area contributed by atoms with E-state index in [1.54, 1.807) is 30.3 Å². The van der Waals surface area contributed by atoms with Crippen molar-refractivity contribution in [1.82, 2.24) is 5.32 Å². The van der Waals surface area contributed by atoms with Gasteiger partial charge in [0, 0.05) is 12.6 Å². The van der Waals surface area contributed by atoms with Crippen LogP contribution in [0.4, 0.5) is 5.69 Å². The average molecular weight is 483 g/mol. The molecule has 0 radical (unpaired) electrons. The van der Waals surface area contributed by atoms with Crippen LogP contribution in [0.15, 0.2) is 77.7 Å². The zero-order valence-corrected chi connectivity index (χ0v) is 19.7. The second-order valence-electron chi connectivity index (χ2n) is 7.65. The molecule has 1 aliphatic heterocycles. The van der Waals surface area contributed by atoms with Gasteiger partial charge in [-0.1, -0.05) is 42.5 Å². The second kappa shape index (κ2) is 10.0. The number of amides is 1. The number of nitrogens with one attached hydrogen (secondary N) is 1. The third-order valence-corrected chi connectivity index (χ3v) is 7.32. The van der Waals surface area contributed by atoms with Crippen LogP contribution in [-0.2, 0) is 21.2 Å². The molecule has 0 spiro atoms. The van der Waals surface area contributed by atoms with Crippen LogP contribution in [0.3, 0.4) is 0 Å². The van der Waals surface area contributed by atoms with Gasteiger partial charge in [-0.25, -0.2) is 8.42 Å². The zero-order chi connectivity index (χ0) is 24.1. The van der Waals surface area contributed by atoms with Crippen LogP contribution >= 0.6 is 0 Å². The molecule has 0 aromatic heterocycles. The number of anilines is 1. The van der Waals surface area contributed by atoms with Crippen LogP contribution in [0, 0.1) is 0 Å². The number of hydrogen-bond acceptors (Lipinski definition) is 6. The molecular formula is C25H26N2O6S. The van der Waals surface area contributed by atoms with Crippen LogP contribution in [0.1, 0.15) is 5.56 Å². The number of carbonyl (C=O) groups is 1. The molecule has 0 saturated carbocycles. The van der Waals surface area contributed by atoms with Crippen molar-refractivity contribution in [1.29, 1.82) is 0 Å². The van der Waals surface area contributed by atoms with E-state index in [0.29, 0.717) is 30.2 Å². The minimum atomic E-state index is -4.11. The number of para-hydroxylation sites is 2. The first kappa shape index (κ1) is 23.4. The minimum absolute atomic E-state index is 0.0608. The molecule has 0 saturated heterocycles. The third-order valence-electron chi connectivity index (χ3n) is 5.52. The normalized spacial score (nSPS) is 15.1. The Balaban J connectivity index is 1.60. The van der Waals surface area contributed by atoms with Crippen molar-refractivity contribution in [2.24, 2.45) is 0 Å². The Kier molecular flexibility index (Phi) is 6.93. The summed E-state index contributed by atoms with van der Waals surface area (Å²) in [5.74, 6) is 0.468. The summed E-state index contributed by atoms with van der Waals surface area (Å²) in [5, 5.41) is 2.85. The van der Waals surface area contributed by atoms with Crippen molar-refractivity contribution in [3.63, 3.8) is 0 Å². The van der Waals surface area contributed by atoms with E-state index >= 15 is 0 Å². The molecule has 3 aromatic rings. The number of rotatable bonds is 8. The quantitative estimate of drug-likeness (QED) is 0.531. The smallest absolute Gasteiger partial charge is 0.268 e. The summed E-state index contributed by atoms with van der Waals surface area (Å²) >= 11 is 0.